The van der Waals surface area contributed by atoms with Crippen molar-refractivity contribution < 1.29 is 31.9 Å². The summed E-state index contributed by atoms with van der Waals surface area (Å²) in [4.78, 5) is 16.5. The van der Waals surface area contributed by atoms with Gasteiger partial charge in [0.25, 0.3) is 5.89 Å². The van der Waals surface area contributed by atoms with E-state index < -0.39 is 18.1 Å². The molecule has 0 atom stereocenters. The van der Waals surface area contributed by atoms with Gasteiger partial charge in [-0.15, -0.1) is 10.2 Å². The minimum absolute atomic E-state index is 0.0174. The lowest BCUT2D eigenvalue weighted by Gasteiger charge is -2.33. The number of halogens is 3. The van der Waals surface area contributed by atoms with Crippen LogP contribution < -0.4 is 4.74 Å². The first kappa shape index (κ1) is 24.5. The van der Waals surface area contributed by atoms with Gasteiger partial charge in [-0.1, -0.05) is 24.3 Å². The maximum atomic E-state index is 15.0. The van der Waals surface area contributed by atoms with Crippen molar-refractivity contribution in [2.45, 2.75) is 19.4 Å². The molecule has 0 unspecified atom stereocenters. The third kappa shape index (κ3) is 5.91. The fraction of sp³-hybridized carbons (Fsp3) is 0.375. The van der Waals surface area contributed by atoms with Gasteiger partial charge in [-0.25, -0.2) is 9.18 Å². The molecule has 0 bridgehead atoms. The third-order valence-corrected chi connectivity index (χ3v) is 5.68. The Bertz CT molecular complexity index is 1150. The van der Waals surface area contributed by atoms with Crippen LogP contribution in [0.15, 0.2) is 46.9 Å². The lowest BCUT2D eigenvalue weighted by atomic mass is 10.1. The molecule has 2 aromatic carbocycles. The van der Waals surface area contributed by atoms with Crippen molar-refractivity contribution in [1.29, 1.82) is 0 Å². The van der Waals surface area contributed by atoms with Crippen LogP contribution in [0.2, 0.25) is 0 Å². The Labute approximate surface area is 200 Å². The zero-order valence-corrected chi connectivity index (χ0v) is 19.1. The van der Waals surface area contributed by atoms with Crippen molar-refractivity contribution in [3.8, 4) is 17.2 Å². The normalized spacial score (nSPS) is 13.8. The fourth-order valence-electron chi connectivity index (χ4n) is 3.82. The number of hydrogen-bond donors (Lipinski definition) is 0. The number of methoxy groups -OCH3 is 1. The zero-order chi connectivity index (χ0) is 24.8. The molecule has 3 aromatic rings. The summed E-state index contributed by atoms with van der Waals surface area (Å²) in [6.07, 6.45) is -2.40. The van der Waals surface area contributed by atoms with E-state index in [1.165, 1.54) is 12.1 Å². The van der Waals surface area contributed by atoms with E-state index in [-0.39, 0.29) is 29.6 Å². The number of aromatic nitrogens is 2. The van der Waals surface area contributed by atoms with Gasteiger partial charge in [0.1, 0.15) is 11.6 Å². The first-order chi connectivity index (χ1) is 17.0. The van der Waals surface area contributed by atoms with Crippen molar-refractivity contribution in [3.05, 3.63) is 65.3 Å². The second-order valence-corrected chi connectivity index (χ2v) is 7.92. The number of para-hydroxylation sites is 1. The molecule has 2 heterocycles. The molecule has 2 amide bonds. The van der Waals surface area contributed by atoms with Crippen LogP contribution >= 0.6 is 0 Å². The Morgan fingerprint density at radius 2 is 1.91 bits per heavy atom. The van der Waals surface area contributed by atoms with Gasteiger partial charge in [0.05, 0.1) is 26.9 Å². The van der Waals surface area contributed by atoms with Crippen molar-refractivity contribution in [2.24, 2.45) is 0 Å². The molecular formula is C24H25F3N4O4. The minimum Gasteiger partial charge on any atom is -0.496 e. The number of nitrogens with zero attached hydrogens (tertiary/aromatic N) is 4. The number of ether oxygens (including phenoxy) is 2. The molecular weight excluding hydrogens is 465 g/mol. The summed E-state index contributed by atoms with van der Waals surface area (Å²) in [6, 6.07) is 11.4. The van der Waals surface area contributed by atoms with Gasteiger partial charge in [0.15, 0.2) is 0 Å². The maximum Gasteiger partial charge on any atom is 0.320 e. The standard InChI is InChI=1S/C24H25F3N4O4/c1-33-20-5-3-2-4-16(20)8-9-31(24(32)30-10-12-34-13-11-30)15-18-7-6-17(14-19(18)25)22-28-29-23(35-22)21(26)27/h2-7,14,21H,8-13,15H2,1H3. The summed E-state index contributed by atoms with van der Waals surface area (Å²) in [6.45, 7) is 2.15. The van der Waals surface area contributed by atoms with Crippen LogP contribution in [0, 0.1) is 5.82 Å². The minimum atomic E-state index is -2.91. The van der Waals surface area contributed by atoms with E-state index in [4.69, 9.17) is 13.9 Å². The Kier molecular flexibility index (Phi) is 7.86. The van der Waals surface area contributed by atoms with E-state index in [1.807, 2.05) is 24.3 Å². The Morgan fingerprint density at radius 1 is 1.14 bits per heavy atom. The summed E-state index contributed by atoms with van der Waals surface area (Å²) in [5.41, 5.74) is 1.37. The van der Waals surface area contributed by atoms with E-state index in [9.17, 15) is 13.6 Å². The summed E-state index contributed by atoms with van der Waals surface area (Å²) >= 11 is 0. The molecule has 0 saturated carbocycles. The average molecular weight is 490 g/mol. The highest BCUT2D eigenvalue weighted by Gasteiger charge is 2.25. The topological polar surface area (TPSA) is 80.9 Å². The molecule has 186 valence electrons. The fourth-order valence-corrected chi connectivity index (χ4v) is 3.82. The maximum absolute atomic E-state index is 15.0. The highest BCUT2D eigenvalue weighted by molar-refractivity contribution is 5.74. The van der Waals surface area contributed by atoms with Crippen molar-refractivity contribution in [2.75, 3.05) is 40.0 Å². The Morgan fingerprint density at radius 3 is 2.60 bits per heavy atom. The largest absolute Gasteiger partial charge is 0.496 e. The first-order valence-corrected chi connectivity index (χ1v) is 11.1. The number of amides is 2. The van der Waals surface area contributed by atoms with Gasteiger partial charge >= 0.3 is 12.5 Å². The number of benzene rings is 2. The number of urea groups is 1. The predicted octanol–water partition coefficient (Wildman–Crippen LogP) is 4.32. The highest BCUT2D eigenvalue weighted by Crippen LogP contribution is 2.26. The highest BCUT2D eigenvalue weighted by atomic mass is 19.3. The Balaban J connectivity index is 1.53. The van der Waals surface area contributed by atoms with Crippen molar-refractivity contribution >= 4 is 6.03 Å². The molecule has 4 rings (SSSR count). The predicted molar refractivity (Wildman–Crippen MR) is 120 cm³/mol. The van der Waals surface area contributed by atoms with Crippen LogP contribution in [-0.2, 0) is 17.7 Å². The van der Waals surface area contributed by atoms with E-state index in [2.05, 4.69) is 10.2 Å². The van der Waals surface area contributed by atoms with Gasteiger partial charge < -0.3 is 23.7 Å². The molecule has 0 spiro atoms. The van der Waals surface area contributed by atoms with E-state index >= 15 is 4.39 Å². The smallest absolute Gasteiger partial charge is 0.320 e. The second kappa shape index (κ2) is 11.2. The lowest BCUT2D eigenvalue weighted by molar-refractivity contribution is 0.0426. The van der Waals surface area contributed by atoms with Gasteiger partial charge in [0.2, 0.25) is 5.89 Å². The first-order valence-electron chi connectivity index (χ1n) is 11.1. The van der Waals surface area contributed by atoms with Crippen LogP contribution in [0.4, 0.5) is 18.0 Å². The molecule has 1 saturated heterocycles. The molecule has 1 aromatic heterocycles. The van der Waals surface area contributed by atoms with Crippen LogP contribution in [-0.4, -0.2) is 66.0 Å². The van der Waals surface area contributed by atoms with Crippen LogP contribution in [0.3, 0.4) is 0 Å². The summed E-state index contributed by atoms with van der Waals surface area (Å²) < 4.78 is 56.1. The van der Waals surface area contributed by atoms with Gasteiger partial charge in [-0.3, -0.25) is 0 Å². The van der Waals surface area contributed by atoms with Gasteiger partial charge in [0, 0.05) is 30.8 Å². The van der Waals surface area contributed by atoms with E-state index in [1.54, 1.807) is 16.9 Å². The lowest BCUT2D eigenvalue weighted by Crippen LogP contribution is -2.48. The molecule has 0 N–H and O–H groups in total. The summed E-state index contributed by atoms with van der Waals surface area (Å²) in [5, 5.41) is 6.82. The number of morpholine rings is 1. The molecule has 0 aliphatic carbocycles. The van der Waals surface area contributed by atoms with Crippen molar-refractivity contribution in [1.82, 2.24) is 20.0 Å². The van der Waals surface area contributed by atoms with Crippen LogP contribution in [0.1, 0.15) is 23.4 Å². The van der Waals surface area contributed by atoms with E-state index in [0.29, 0.717) is 45.0 Å². The van der Waals surface area contributed by atoms with Gasteiger partial charge in [-0.2, -0.15) is 8.78 Å². The van der Waals surface area contributed by atoms with E-state index in [0.717, 1.165) is 11.6 Å². The third-order valence-electron chi connectivity index (χ3n) is 5.68. The second-order valence-electron chi connectivity index (χ2n) is 7.92. The molecule has 0 radical (unpaired) electrons. The molecule has 35 heavy (non-hydrogen) atoms. The number of carbonyl (C=O) groups is 1. The zero-order valence-electron chi connectivity index (χ0n) is 19.1. The molecule has 1 fully saturated rings. The number of rotatable bonds is 8. The monoisotopic (exact) mass is 490 g/mol. The number of alkyl halides is 2. The SMILES string of the molecule is COc1ccccc1CCN(Cc1ccc(-c2nnc(C(F)F)o2)cc1F)C(=O)N1CCOCC1. The summed E-state index contributed by atoms with van der Waals surface area (Å²) in [5.74, 6) is -0.938. The summed E-state index contributed by atoms with van der Waals surface area (Å²) in [7, 11) is 1.58. The number of carbonyl (C=O) groups excluding carboxylic acids is 1. The molecule has 8 nitrogen and oxygen atoms in total. The molecule has 11 heteroatoms. The Hall–Kier alpha value is -3.60. The average Bonchev–Trinajstić information content (AvgIpc) is 3.38. The number of hydrogen-bond acceptors (Lipinski definition) is 6. The quantitative estimate of drug-likeness (QED) is 0.468. The van der Waals surface area contributed by atoms with Crippen LogP contribution in [0.25, 0.3) is 11.5 Å². The van der Waals surface area contributed by atoms with Gasteiger partial charge in [-0.05, 0) is 30.2 Å². The van der Waals surface area contributed by atoms with Crippen LogP contribution in [0.5, 0.6) is 5.75 Å². The molecule has 1 aliphatic rings. The molecule has 1 aliphatic heterocycles. The van der Waals surface area contributed by atoms with Crippen molar-refractivity contribution in [3.63, 3.8) is 0 Å².